The van der Waals surface area contributed by atoms with E-state index in [0.717, 1.165) is 24.8 Å². The summed E-state index contributed by atoms with van der Waals surface area (Å²) in [6.45, 7) is 4.23. The first-order chi connectivity index (χ1) is 11.9. The molecule has 0 heterocycles. The van der Waals surface area contributed by atoms with Crippen LogP contribution in [0.15, 0.2) is 48.1 Å². The van der Waals surface area contributed by atoms with Crippen LogP contribution in [0.2, 0.25) is 0 Å². The number of carbonyl (C=O) groups excluding carboxylic acids is 1. The van der Waals surface area contributed by atoms with Crippen LogP contribution in [0, 0.1) is 40.9 Å². The highest BCUT2D eigenvalue weighted by atomic mass is 16.3. The van der Waals surface area contributed by atoms with Crippen molar-refractivity contribution < 1.29 is 9.90 Å². The third kappa shape index (κ3) is 1.99. The van der Waals surface area contributed by atoms with Crippen LogP contribution in [-0.2, 0) is 4.79 Å². The summed E-state index contributed by atoms with van der Waals surface area (Å²) in [5, 5.41) is 11.0. The molecule has 0 aromatic heterocycles. The van der Waals surface area contributed by atoms with Crippen molar-refractivity contribution in [2.75, 3.05) is 0 Å². The van der Waals surface area contributed by atoms with Crippen LogP contribution in [0.1, 0.15) is 39.5 Å². The molecular weight excluding hydrogens is 308 g/mol. The van der Waals surface area contributed by atoms with Gasteiger partial charge in [0.15, 0.2) is 5.78 Å². The molecule has 4 rings (SSSR count). The van der Waals surface area contributed by atoms with Gasteiger partial charge in [0.1, 0.15) is 5.60 Å². The Morgan fingerprint density at radius 1 is 1.28 bits per heavy atom. The predicted octanol–water partition coefficient (Wildman–Crippen LogP) is 3.99. The number of aliphatic hydroxyl groups is 1. The van der Waals surface area contributed by atoms with E-state index in [1.807, 2.05) is 6.92 Å². The fourth-order valence-corrected chi connectivity index (χ4v) is 6.21. The van der Waals surface area contributed by atoms with E-state index in [-0.39, 0.29) is 16.6 Å². The van der Waals surface area contributed by atoms with Gasteiger partial charge in [0, 0.05) is 10.8 Å². The molecule has 2 fully saturated rings. The highest BCUT2D eigenvalue weighted by molar-refractivity contribution is 6.01. The van der Waals surface area contributed by atoms with E-state index >= 15 is 0 Å². The smallest absolute Gasteiger partial charge is 0.178 e. The predicted molar refractivity (Wildman–Crippen MR) is 99.4 cm³/mol. The van der Waals surface area contributed by atoms with Gasteiger partial charge in [0.25, 0.3) is 0 Å². The molecule has 2 unspecified atom stereocenters. The average Bonchev–Trinajstić information content (AvgIpc) is 2.87. The van der Waals surface area contributed by atoms with Crippen LogP contribution in [0.25, 0.3) is 0 Å². The molecule has 4 aliphatic carbocycles. The zero-order chi connectivity index (χ0) is 17.9. The van der Waals surface area contributed by atoms with Gasteiger partial charge in [0.2, 0.25) is 0 Å². The third-order valence-corrected chi connectivity index (χ3v) is 7.60. The molecule has 6 atom stereocenters. The minimum atomic E-state index is -0.987. The maximum atomic E-state index is 11.9. The lowest BCUT2D eigenvalue weighted by molar-refractivity contribution is -0.110. The Balaban J connectivity index is 1.81. The van der Waals surface area contributed by atoms with E-state index in [4.69, 9.17) is 6.42 Å². The van der Waals surface area contributed by atoms with E-state index in [2.05, 4.69) is 43.2 Å². The first-order valence-electron chi connectivity index (χ1n) is 9.38. The van der Waals surface area contributed by atoms with Crippen molar-refractivity contribution in [2.45, 2.75) is 45.1 Å². The summed E-state index contributed by atoms with van der Waals surface area (Å²) in [6.07, 6.45) is 23.7. The molecule has 0 bridgehead atoms. The Morgan fingerprint density at radius 3 is 2.76 bits per heavy atom. The Morgan fingerprint density at radius 2 is 2.04 bits per heavy atom. The zero-order valence-electron chi connectivity index (χ0n) is 15.0. The molecule has 1 N–H and O–H groups in total. The fraction of sp³-hybridized carbons (Fsp3) is 0.522. The summed E-state index contributed by atoms with van der Waals surface area (Å²) >= 11 is 0. The summed E-state index contributed by atoms with van der Waals surface area (Å²) in [5.74, 6) is 3.98. The van der Waals surface area contributed by atoms with Gasteiger partial charge in [0.05, 0.1) is 0 Å². The van der Waals surface area contributed by atoms with Crippen molar-refractivity contribution in [2.24, 2.45) is 28.6 Å². The molecule has 2 heteroatoms. The maximum Gasteiger partial charge on any atom is 0.178 e. The second-order valence-electron chi connectivity index (χ2n) is 8.42. The zero-order valence-corrected chi connectivity index (χ0v) is 15.0. The van der Waals surface area contributed by atoms with E-state index in [9.17, 15) is 9.90 Å². The SMILES string of the molecule is C#CC1(O)CC[C@H]2[C@@H]3C=CC4=CC(=O)C=CC4(/C=C/C)[C@H]3CC[C@@]21C. The van der Waals surface area contributed by atoms with Crippen molar-refractivity contribution in [1.82, 2.24) is 0 Å². The molecule has 0 aromatic carbocycles. The van der Waals surface area contributed by atoms with Crippen LogP contribution in [0.4, 0.5) is 0 Å². The van der Waals surface area contributed by atoms with Crippen LogP contribution in [-0.4, -0.2) is 16.5 Å². The normalized spacial score (nSPS) is 47.8. The van der Waals surface area contributed by atoms with Crippen LogP contribution < -0.4 is 0 Å². The largest absolute Gasteiger partial charge is 0.377 e. The first kappa shape index (κ1) is 16.6. The Kier molecular flexibility index (Phi) is 3.54. The van der Waals surface area contributed by atoms with Gasteiger partial charge in [-0.2, -0.15) is 0 Å². The molecule has 0 aliphatic heterocycles. The standard InChI is InChI=1S/C23H26O2/c1-4-11-22-13-8-17(24)15-16(22)6-7-18-19-10-14-23(25,5-2)21(19,3)12-9-20(18)22/h2,4,6-8,11,13,15,18-20,25H,9-10,12,14H2,1,3H3/b11-4+/t18-,19-,20-,21-,22?,23?/m0/s1. The summed E-state index contributed by atoms with van der Waals surface area (Å²) in [4.78, 5) is 11.9. The second-order valence-corrected chi connectivity index (χ2v) is 8.42. The van der Waals surface area contributed by atoms with Crippen molar-refractivity contribution in [3.63, 3.8) is 0 Å². The van der Waals surface area contributed by atoms with E-state index in [1.54, 1.807) is 12.2 Å². The molecule has 0 spiro atoms. The number of carbonyl (C=O) groups is 1. The van der Waals surface area contributed by atoms with Gasteiger partial charge < -0.3 is 5.11 Å². The lowest BCUT2D eigenvalue weighted by Crippen LogP contribution is -2.53. The van der Waals surface area contributed by atoms with Gasteiger partial charge >= 0.3 is 0 Å². The maximum absolute atomic E-state index is 11.9. The van der Waals surface area contributed by atoms with Crippen LogP contribution in [0.5, 0.6) is 0 Å². The van der Waals surface area contributed by atoms with Gasteiger partial charge in [-0.3, -0.25) is 4.79 Å². The van der Waals surface area contributed by atoms with Gasteiger partial charge in [-0.05, 0) is 68.1 Å². The molecule has 2 saturated carbocycles. The van der Waals surface area contributed by atoms with Crippen molar-refractivity contribution in [3.8, 4) is 12.3 Å². The molecule has 25 heavy (non-hydrogen) atoms. The third-order valence-electron chi connectivity index (χ3n) is 7.60. The Labute approximate surface area is 150 Å². The molecule has 0 aromatic rings. The minimum Gasteiger partial charge on any atom is -0.377 e. The van der Waals surface area contributed by atoms with E-state index < -0.39 is 5.60 Å². The average molecular weight is 334 g/mol. The van der Waals surface area contributed by atoms with Crippen molar-refractivity contribution in [3.05, 3.63) is 48.1 Å². The number of hydrogen-bond acceptors (Lipinski definition) is 2. The van der Waals surface area contributed by atoms with E-state index in [0.29, 0.717) is 24.2 Å². The highest BCUT2D eigenvalue weighted by Crippen LogP contribution is 2.65. The van der Waals surface area contributed by atoms with Crippen LogP contribution in [0.3, 0.4) is 0 Å². The molecule has 0 saturated heterocycles. The lowest BCUT2D eigenvalue weighted by Gasteiger charge is -2.55. The fourth-order valence-electron chi connectivity index (χ4n) is 6.21. The number of hydrogen-bond donors (Lipinski definition) is 1. The quantitative estimate of drug-likeness (QED) is 0.581. The second kappa shape index (κ2) is 5.32. The minimum absolute atomic E-state index is 0.0708. The number of terminal acetylenes is 1. The summed E-state index contributed by atoms with van der Waals surface area (Å²) in [7, 11) is 0. The summed E-state index contributed by atoms with van der Waals surface area (Å²) in [5.41, 5.74) is -0.299. The monoisotopic (exact) mass is 334 g/mol. The highest BCUT2D eigenvalue weighted by Gasteiger charge is 2.62. The molecule has 2 nitrogen and oxygen atoms in total. The van der Waals surface area contributed by atoms with Gasteiger partial charge in [-0.1, -0.05) is 43.2 Å². The number of rotatable bonds is 1. The van der Waals surface area contributed by atoms with Gasteiger partial charge in [-0.25, -0.2) is 0 Å². The topological polar surface area (TPSA) is 37.3 Å². The Hall–Kier alpha value is -1.85. The van der Waals surface area contributed by atoms with Gasteiger partial charge in [-0.15, -0.1) is 6.42 Å². The number of allylic oxidation sites excluding steroid dienone is 8. The van der Waals surface area contributed by atoms with Crippen LogP contribution >= 0.6 is 0 Å². The van der Waals surface area contributed by atoms with Crippen molar-refractivity contribution in [1.29, 1.82) is 0 Å². The Bertz CT molecular complexity index is 776. The van der Waals surface area contributed by atoms with E-state index in [1.165, 1.54) is 0 Å². The van der Waals surface area contributed by atoms with Crippen molar-refractivity contribution >= 4 is 5.78 Å². The number of ketones is 1. The first-order valence-corrected chi connectivity index (χ1v) is 9.38. The lowest BCUT2D eigenvalue weighted by atomic mass is 9.48. The molecule has 0 amide bonds. The molecule has 0 radical (unpaired) electrons. The molecular formula is C23H26O2. The summed E-state index contributed by atoms with van der Waals surface area (Å²) < 4.78 is 0. The molecule has 4 aliphatic rings. The molecule has 130 valence electrons. The number of fused-ring (bicyclic) bond motifs is 5. The summed E-state index contributed by atoms with van der Waals surface area (Å²) in [6, 6.07) is 0.